The SMILES string of the molecule is CCc1ccc(NC(=O)C(C)Nc2cc(C)cc(C)c2)cc1. The highest BCUT2D eigenvalue weighted by molar-refractivity contribution is 5.96. The Morgan fingerprint density at radius 3 is 2.14 bits per heavy atom. The number of amides is 1. The number of benzene rings is 2. The standard InChI is InChI=1S/C19H24N2O/c1-5-16-6-8-17(9-7-16)21-19(22)15(4)20-18-11-13(2)10-14(3)12-18/h6-12,15,20H,5H2,1-4H3,(H,21,22). The van der Waals surface area contributed by atoms with Gasteiger partial charge in [-0.25, -0.2) is 0 Å². The summed E-state index contributed by atoms with van der Waals surface area (Å²) in [6.45, 7) is 8.09. The van der Waals surface area contributed by atoms with Crippen LogP contribution in [0.4, 0.5) is 11.4 Å². The van der Waals surface area contributed by atoms with Crippen molar-refractivity contribution in [2.24, 2.45) is 0 Å². The van der Waals surface area contributed by atoms with Crippen LogP contribution in [0.25, 0.3) is 0 Å². The normalized spacial score (nSPS) is 11.8. The summed E-state index contributed by atoms with van der Waals surface area (Å²) in [5.41, 5.74) is 5.44. The Labute approximate surface area is 132 Å². The molecule has 2 aromatic rings. The minimum Gasteiger partial charge on any atom is -0.374 e. The second kappa shape index (κ2) is 7.12. The second-order valence-electron chi connectivity index (χ2n) is 5.78. The summed E-state index contributed by atoms with van der Waals surface area (Å²) < 4.78 is 0. The number of rotatable bonds is 5. The van der Waals surface area contributed by atoms with Gasteiger partial charge in [-0.2, -0.15) is 0 Å². The third-order valence-electron chi connectivity index (χ3n) is 3.63. The van der Waals surface area contributed by atoms with E-state index in [4.69, 9.17) is 0 Å². The van der Waals surface area contributed by atoms with Crippen LogP contribution in [0.15, 0.2) is 42.5 Å². The zero-order valence-electron chi connectivity index (χ0n) is 13.7. The van der Waals surface area contributed by atoms with Gasteiger partial charge in [0.15, 0.2) is 0 Å². The molecule has 0 saturated carbocycles. The van der Waals surface area contributed by atoms with E-state index >= 15 is 0 Å². The number of anilines is 2. The maximum atomic E-state index is 12.3. The summed E-state index contributed by atoms with van der Waals surface area (Å²) in [6.07, 6.45) is 0.999. The Morgan fingerprint density at radius 1 is 1.00 bits per heavy atom. The van der Waals surface area contributed by atoms with Crippen molar-refractivity contribution in [1.82, 2.24) is 0 Å². The maximum Gasteiger partial charge on any atom is 0.246 e. The Hall–Kier alpha value is -2.29. The molecular weight excluding hydrogens is 272 g/mol. The Kier molecular flexibility index (Phi) is 5.21. The van der Waals surface area contributed by atoms with Crippen LogP contribution in [0, 0.1) is 13.8 Å². The van der Waals surface area contributed by atoms with Gasteiger partial charge in [0.1, 0.15) is 6.04 Å². The van der Waals surface area contributed by atoms with Crippen molar-refractivity contribution in [3.8, 4) is 0 Å². The van der Waals surface area contributed by atoms with E-state index in [1.165, 1.54) is 16.7 Å². The molecule has 1 unspecified atom stereocenters. The van der Waals surface area contributed by atoms with Gasteiger partial charge in [-0.05, 0) is 68.1 Å². The molecule has 0 aromatic heterocycles. The van der Waals surface area contributed by atoms with Crippen LogP contribution in [0.1, 0.15) is 30.5 Å². The van der Waals surface area contributed by atoms with E-state index in [1.54, 1.807) is 0 Å². The van der Waals surface area contributed by atoms with Gasteiger partial charge in [-0.1, -0.05) is 25.1 Å². The predicted octanol–water partition coefficient (Wildman–Crippen LogP) is 4.30. The van der Waals surface area contributed by atoms with Gasteiger partial charge in [0.25, 0.3) is 0 Å². The molecule has 0 heterocycles. The van der Waals surface area contributed by atoms with Crippen LogP contribution < -0.4 is 10.6 Å². The Morgan fingerprint density at radius 2 is 1.59 bits per heavy atom. The molecular formula is C19H24N2O. The number of aryl methyl sites for hydroxylation is 3. The van der Waals surface area contributed by atoms with Crippen LogP contribution >= 0.6 is 0 Å². The molecule has 0 aliphatic rings. The number of carbonyl (C=O) groups excluding carboxylic acids is 1. The molecule has 0 bridgehead atoms. The van der Waals surface area contributed by atoms with E-state index in [0.717, 1.165) is 17.8 Å². The molecule has 0 aliphatic heterocycles. The van der Waals surface area contributed by atoms with Crippen molar-refractivity contribution < 1.29 is 4.79 Å². The molecule has 0 fully saturated rings. The van der Waals surface area contributed by atoms with E-state index in [-0.39, 0.29) is 11.9 Å². The first kappa shape index (κ1) is 16.1. The topological polar surface area (TPSA) is 41.1 Å². The number of hydrogen-bond acceptors (Lipinski definition) is 2. The lowest BCUT2D eigenvalue weighted by Crippen LogP contribution is -2.31. The minimum atomic E-state index is -0.299. The molecule has 2 aromatic carbocycles. The summed E-state index contributed by atoms with van der Waals surface area (Å²) in [7, 11) is 0. The van der Waals surface area contributed by atoms with E-state index in [2.05, 4.69) is 37.5 Å². The number of carbonyl (C=O) groups is 1. The van der Waals surface area contributed by atoms with E-state index < -0.39 is 0 Å². The van der Waals surface area contributed by atoms with E-state index in [1.807, 2.05) is 43.3 Å². The second-order valence-corrected chi connectivity index (χ2v) is 5.78. The summed E-state index contributed by atoms with van der Waals surface area (Å²) in [4.78, 5) is 12.3. The summed E-state index contributed by atoms with van der Waals surface area (Å²) in [5, 5.41) is 6.20. The van der Waals surface area contributed by atoms with Crippen molar-refractivity contribution in [3.05, 3.63) is 59.2 Å². The largest absolute Gasteiger partial charge is 0.374 e. The van der Waals surface area contributed by atoms with Gasteiger partial charge in [0.2, 0.25) is 5.91 Å². The number of nitrogens with one attached hydrogen (secondary N) is 2. The average Bonchev–Trinajstić information content (AvgIpc) is 2.46. The van der Waals surface area contributed by atoms with Crippen LogP contribution in [0.2, 0.25) is 0 Å². The summed E-state index contributed by atoms with van der Waals surface area (Å²) in [6, 6.07) is 13.9. The summed E-state index contributed by atoms with van der Waals surface area (Å²) in [5.74, 6) is -0.0385. The highest BCUT2D eigenvalue weighted by Gasteiger charge is 2.13. The van der Waals surface area contributed by atoms with Crippen molar-refractivity contribution >= 4 is 17.3 Å². The van der Waals surface area contributed by atoms with Crippen molar-refractivity contribution in [3.63, 3.8) is 0 Å². The third-order valence-corrected chi connectivity index (χ3v) is 3.63. The minimum absolute atomic E-state index is 0.0385. The summed E-state index contributed by atoms with van der Waals surface area (Å²) >= 11 is 0. The predicted molar refractivity (Wildman–Crippen MR) is 93.5 cm³/mol. The lowest BCUT2D eigenvalue weighted by atomic mass is 10.1. The Balaban J connectivity index is 1.99. The fraction of sp³-hybridized carbons (Fsp3) is 0.316. The molecule has 2 N–H and O–H groups in total. The average molecular weight is 296 g/mol. The van der Waals surface area contributed by atoms with Crippen LogP contribution in [0.3, 0.4) is 0 Å². The highest BCUT2D eigenvalue weighted by Crippen LogP contribution is 2.16. The molecule has 1 amide bonds. The van der Waals surface area contributed by atoms with Crippen molar-refractivity contribution in [1.29, 1.82) is 0 Å². The molecule has 0 saturated heterocycles. The molecule has 0 radical (unpaired) electrons. The molecule has 22 heavy (non-hydrogen) atoms. The van der Waals surface area contributed by atoms with Crippen LogP contribution in [-0.4, -0.2) is 11.9 Å². The van der Waals surface area contributed by atoms with E-state index in [9.17, 15) is 4.79 Å². The van der Waals surface area contributed by atoms with Crippen LogP contribution in [0.5, 0.6) is 0 Å². The number of hydrogen-bond donors (Lipinski definition) is 2. The van der Waals surface area contributed by atoms with Crippen molar-refractivity contribution in [2.75, 3.05) is 10.6 Å². The monoisotopic (exact) mass is 296 g/mol. The molecule has 0 aliphatic carbocycles. The smallest absolute Gasteiger partial charge is 0.246 e. The zero-order chi connectivity index (χ0) is 16.1. The first-order valence-electron chi connectivity index (χ1n) is 7.72. The fourth-order valence-corrected chi connectivity index (χ4v) is 2.45. The van der Waals surface area contributed by atoms with Crippen molar-refractivity contribution in [2.45, 2.75) is 40.2 Å². The molecule has 0 spiro atoms. The first-order valence-corrected chi connectivity index (χ1v) is 7.72. The third kappa shape index (κ3) is 4.35. The molecule has 116 valence electrons. The first-order chi connectivity index (χ1) is 10.5. The van der Waals surface area contributed by atoms with Gasteiger partial charge in [-0.15, -0.1) is 0 Å². The highest BCUT2D eigenvalue weighted by atomic mass is 16.2. The van der Waals surface area contributed by atoms with Gasteiger partial charge < -0.3 is 10.6 Å². The fourth-order valence-electron chi connectivity index (χ4n) is 2.45. The molecule has 2 rings (SSSR count). The lowest BCUT2D eigenvalue weighted by Gasteiger charge is -2.16. The van der Waals surface area contributed by atoms with Gasteiger partial charge in [0.05, 0.1) is 0 Å². The molecule has 3 nitrogen and oxygen atoms in total. The van der Waals surface area contributed by atoms with Gasteiger partial charge in [-0.3, -0.25) is 4.79 Å². The van der Waals surface area contributed by atoms with Crippen LogP contribution in [-0.2, 0) is 11.2 Å². The van der Waals surface area contributed by atoms with Gasteiger partial charge >= 0.3 is 0 Å². The Bertz CT molecular complexity index is 627. The van der Waals surface area contributed by atoms with E-state index in [0.29, 0.717) is 0 Å². The molecule has 3 heteroatoms. The lowest BCUT2D eigenvalue weighted by molar-refractivity contribution is -0.116. The quantitative estimate of drug-likeness (QED) is 0.863. The maximum absolute atomic E-state index is 12.3. The van der Waals surface area contributed by atoms with Gasteiger partial charge in [0, 0.05) is 11.4 Å². The molecule has 1 atom stereocenters. The zero-order valence-corrected chi connectivity index (χ0v) is 13.7.